The Labute approximate surface area is 170 Å². The topological polar surface area (TPSA) is 60.4 Å². The van der Waals surface area contributed by atoms with E-state index < -0.39 is 14.6 Å². The summed E-state index contributed by atoms with van der Waals surface area (Å²) in [7, 11) is -3.09. The fourth-order valence-corrected chi connectivity index (χ4v) is 5.21. The van der Waals surface area contributed by atoms with Crippen LogP contribution in [-0.2, 0) is 21.1 Å². The van der Waals surface area contributed by atoms with E-state index in [-0.39, 0.29) is 23.4 Å². The van der Waals surface area contributed by atoms with Gasteiger partial charge in [0.05, 0.1) is 17.1 Å². The van der Waals surface area contributed by atoms with E-state index in [0.29, 0.717) is 6.42 Å². The molecule has 1 aromatic carbocycles. The molecule has 4 nitrogen and oxygen atoms in total. The summed E-state index contributed by atoms with van der Waals surface area (Å²) in [5.74, 6) is 2.40. The zero-order valence-electron chi connectivity index (χ0n) is 17.4. The molecule has 2 fully saturated rings. The van der Waals surface area contributed by atoms with Crippen LogP contribution in [0.15, 0.2) is 24.3 Å². The number of Topliss-reactive ketones (excluding diaryl/α,β-unsaturated/α-hetero) is 1. The molecule has 0 N–H and O–H groups in total. The Balaban J connectivity index is 1.44. The van der Waals surface area contributed by atoms with E-state index in [0.717, 1.165) is 49.5 Å². The number of hydrogen-bond donors (Lipinski definition) is 0. The summed E-state index contributed by atoms with van der Waals surface area (Å²) in [6, 6.07) is 7.89. The van der Waals surface area contributed by atoms with Crippen molar-refractivity contribution in [3.05, 3.63) is 29.8 Å². The molecule has 0 aromatic heterocycles. The lowest BCUT2D eigenvalue weighted by Gasteiger charge is -2.30. The van der Waals surface area contributed by atoms with Crippen molar-refractivity contribution in [2.75, 3.05) is 12.4 Å². The van der Waals surface area contributed by atoms with Crippen LogP contribution in [0.2, 0.25) is 0 Å². The first kappa shape index (κ1) is 21.4. The standard InChI is InChI=1S/C23H34O4S/c1-23(2,3)28(25,26)16-19-6-10-20(11-7-19)22(24)14-17-8-12-21(13-9-17)27-15-18-4-5-18/h8-9,12-13,18-20H,4-7,10-11,14-16H2,1-3H3. The summed E-state index contributed by atoms with van der Waals surface area (Å²) < 4.78 is 29.9. The van der Waals surface area contributed by atoms with Crippen molar-refractivity contribution >= 4 is 15.6 Å². The molecule has 2 aliphatic carbocycles. The first-order valence-corrected chi connectivity index (χ1v) is 12.3. The Morgan fingerprint density at radius 3 is 2.07 bits per heavy atom. The van der Waals surface area contributed by atoms with Crippen LogP contribution >= 0.6 is 0 Å². The molecule has 0 radical (unpaired) electrons. The molecule has 0 saturated heterocycles. The number of ether oxygens (including phenoxy) is 1. The lowest BCUT2D eigenvalue weighted by atomic mass is 9.79. The molecule has 0 heterocycles. The molecular weight excluding hydrogens is 372 g/mol. The fourth-order valence-electron chi connectivity index (χ4n) is 3.76. The van der Waals surface area contributed by atoms with Crippen molar-refractivity contribution < 1.29 is 17.9 Å². The number of carbonyl (C=O) groups excluding carboxylic acids is 1. The maximum absolute atomic E-state index is 12.7. The van der Waals surface area contributed by atoms with Crippen molar-refractivity contribution in [2.24, 2.45) is 17.8 Å². The van der Waals surface area contributed by atoms with Crippen LogP contribution in [0, 0.1) is 17.8 Å². The van der Waals surface area contributed by atoms with Crippen LogP contribution in [0.3, 0.4) is 0 Å². The maximum Gasteiger partial charge on any atom is 0.155 e. The highest BCUT2D eigenvalue weighted by molar-refractivity contribution is 7.92. The summed E-state index contributed by atoms with van der Waals surface area (Å²) in [6.45, 7) is 6.09. The van der Waals surface area contributed by atoms with Gasteiger partial charge in [0.2, 0.25) is 0 Å². The van der Waals surface area contributed by atoms with E-state index in [1.54, 1.807) is 20.8 Å². The molecule has 0 atom stereocenters. The van der Waals surface area contributed by atoms with Gasteiger partial charge in [0.25, 0.3) is 0 Å². The van der Waals surface area contributed by atoms with Crippen LogP contribution in [0.4, 0.5) is 0 Å². The van der Waals surface area contributed by atoms with Gasteiger partial charge >= 0.3 is 0 Å². The number of rotatable bonds is 8. The molecule has 2 saturated carbocycles. The fraction of sp³-hybridized carbons (Fsp3) is 0.696. The van der Waals surface area contributed by atoms with Gasteiger partial charge in [0.1, 0.15) is 11.5 Å². The Kier molecular flexibility index (Phi) is 6.53. The zero-order valence-corrected chi connectivity index (χ0v) is 18.3. The maximum atomic E-state index is 12.7. The average Bonchev–Trinajstić information content (AvgIpc) is 3.45. The number of sulfone groups is 1. The van der Waals surface area contributed by atoms with Crippen LogP contribution in [-0.4, -0.2) is 31.3 Å². The third kappa shape index (κ3) is 5.82. The molecule has 156 valence electrons. The minimum Gasteiger partial charge on any atom is -0.493 e. The quantitative estimate of drug-likeness (QED) is 0.633. The predicted octanol–water partition coefficient (Wildman–Crippen LogP) is 4.61. The van der Waals surface area contributed by atoms with E-state index in [1.807, 2.05) is 24.3 Å². The second-order valence-corrected chi connectivity index (χ2v) is 12.4. The highest BCUT2D eigenvalue weighted by Gasteiger charge is 2.34. The molecule has 0 unspecified atom stereocenters. The van der Waals surface area contributed by atoms with Crippen LogP contribution in [0.25, 0.3) is 0 Å². The predicted molar refractivity (Wildman–Crippen MR) is 112 cm³/mol. The van der Waals surface area contributed by atoms with Gasteiger partial charge in [-0.25, -0.2) is 8.42 Å². The third-order valence-electron chi connectivity index (χ3n) is 6.17. The highest BCUT2D eigenvalue weighted by Crippen LogP contribution is 2.33. The van der Waals surface area contributed by atoms with Gasteiger partial charge in [-0.2, -0.15) is 0 Å². The van der Waals surface area contributed by atoms with Crippen molar-refractivity contribution in [1.29, 1.82) is 0 Å². The van der Waals surface area contributed by atoms with E-state index in [4.69, 9.17) is 4.74 Å². The number of carbonyl (C=O) groups is 1. The van der Waals surface area contributed by atoms with Gasteiger partial charge in [-0.05, 0) is 88.8 Å². The summed E-state index contributed by atoms with van der Waals surface area (Å²) in [5, 5.41) is 0. The average molecular weight is 407 g/mol. The van der Waals surface area contributed by atoms with Gasteiger partial charge in [0, 0.05) is 12.3 Å². The van der Waals surface area contributed by atoms with Crippen molar-refractivity contribution in [3.63, 3.8) is 0 Å². The lowest BCUT2D eigenvalue weighted by Crippen LogP contribution is -2.35. The van der Waals surface area contributed by atoms with Gasteiger partial charge in [-0.15, -0.1) is 0 Å². The van der Waals surface area contributed by atoms with Gasteiger partial charge in [0.15, 0.2) is 9.84 Å². The SMILES string of the molecule is CC(C)(C)S(=O)(=O)CC1CCC(C(=O)Cc2ccc(OCC3CC3)cc2)CC1. The Bertz CT molecular complexity index is 762. The summed E-state index contributed by atoms with van der Waals surface area (Å²) >= 11 is 0. The second-order valence-electron chi connectivity index (χ2n) is 9.65. The number of ketones is 1. The summed E-state index contributed by atoms with van der Waals surface area (Å²) in [6.07, 6.45) is 6.29. The second kappa shape index (κ2) is 8.56. The van der Waals surface area contributed by atoms with Gasteiger partial charge < -0.3 is 4.74 Å². The minimum absolute atomic E-state index is 0.0689. The van der Waals surface area contributed by atoms with E-state index in [2.05, 4.69) is 0 Å². The first-order valence-electron chi connectivity index (χ1n) is 10.6. The molecule has 1 aromatic rings. The van der Waals surface area contributed by atoms with Crippen molar-refractivity contribution in [1.82, 2.24) is 0 Å². The van der Waals surface area contributed by atoms with Crippen LogP contribution < -0.4 is 4.74 Å². The molecule has 0 spiro atoms. The molecule has 28 heavy (non-hydrogen) atoms. The molecule has 0 bridgehead atoms. The van der Waals surface area contributed by atoms with E-state index in [9.17, 15) is 13.2 Å². The third-order valence-corrected chi connectivity index (χ3v) is 8.95. The summed E-state index contributed by atoms with van der Waals surface area (Å²) in [5.41, 5.74) is 1.03. The zero-order chi connectivity index (χ0) is 20.4. The number of benzene rings is 1. The van der Waals surface area contributed by atoms with Crippen molar-refractivity contribution in [3.8, 4) is 5.75 Å². The van der Waals surface area contributed by atoms with E-state index >= 15 is 0 Å². The molecule has 0 aliphatic heterocycles. The normalized spacial score (nSPS) is 23.4. The molecule has 0 amide bonds. The first-order chi connectivity index (χ1) is 13.1. The van der Waals surface area contributed by atoms with Crippen LogP contribution in [0.5, 0.6) is 5.75 Å². The minimum atomic E-state index is -3.09. The lowest BCUT2D eigenvalue weighted by molar-refractivity contribution is -0.123. The monoisotopic (exact) mass is 406 g/mol. The van der Waals surface area contributed by atoms with Crippen molar-refractivity contribution in [2.45, 2.75) is 70.5 Å². The van der Waals surface area contributed by atoms with Gasteiger partial charge in [-0.3, -0.25) is 4.79 Å². The molecule has 5 heteroatoms. The van der Waals surface area contributed by atoms with Crippen LogP contribution in [0.1, 0.15) is 64.9 Å². The Morgan fingerprint density at radius 2 is 1.54 bits per heavy atom. The molecule has 3 rings (SSSR count). The van der Waals surface area contributed by atoms with E-state index in [1.165, 1.54) is 12.8 Å². The summed E-state index contributed by atoms with van der Waals surface area (Å²) in [4.78, 5) is 12.7. The number of hydrogen-bond acceptors (Lipinski definition) is 4. The molecular formula is C23H34O4S. The largest absolute Gasteiger partial charge is 0.493 e. The molecule has 2 aliphatic rings. The Morgan fingerprint density at radius 1 is 0.964 bits per heavy atom. The Hall–Kier alpha value is -1.36. The highest BCUT2D eigenvalue weighted by atomic mass is 32.2. The van der Waals surface area contributed by atoms with Gasteiger partial charge in [-0.1, -0.05) is 12.1 Å². The smallest absolute Gasteiger partial charge is 0.155 e.